The van der Waals surface area contributed by atoms with Gasteiger partial charge in [-0.15, -0.1) is 0 Å². The van der Waals surface area contributed by atoms with Gasteiger partial charge >= 0.3 is 11.9 Å². The van der Waals surface area contributed by atoms with E-state index < -0.39 is 11.9 Å². The molecule has 4 heteroatoms. The van der Waals surface area contributed by atoms with Crippen LogP contribution in [0.1, 0.15) is 5.56 Å². The second-order valence-corrected chi connectivity index (χ2v) is 3.82. The normalized spacial score (nSPS) is 10.2. The van der Waals surface area contributed by atoms with Crippen LogP contribution in [0.5, 0.6) is 0 Å². The number of carboxylic acids is 1. The van der Waals surface area contributed by atoms with Crippen LogP contribution in [0.3, 0.4) is 0 Å². The Balaban J connectivity index is 2.35. The first kappa shape index (κ1) is 11.1. The molecular formula is C13H11NO3. The third-order valence-corrected chi connectivity index (χ3v) is 2.45. The van der Waals surface area contributed by atoms with Crippen LogP contribution in [-0.4, -0.2) is 17.0 Å². The molecule has 2 rings (SSSR count). The largest absolute Gasteiger partial charge is 0.474 e. The Morgan fingerprint density at radius 2 is 1.71 bits per heavy atom. The van der Waals surface area contributed by atoms with Crippen molar-refractivity contribution in [1.82, 2.24) is 0 Å². The van der Waals surface area contributed by atoms with Gasteiger partial charge in [0.2, 0.25) is 0 Å². The summed E-state index contributed by atoms with van der Waals surface area (Å²) in [5.74, 6) is -2.52. The predicted molar refractivity (Wildman–Crippen MR) is 65.0 cm³/mol. The maximum atomic E-state index is 11.0. The third kappa shape index (κ3) is 2.42. The Labute approximate surface area is 97.9 Å². The van der Waals surface area contributed by atoms with Crippen LogP contribution in [0.25, 0.3) is 10.8 Å². The molecule has 0 atom stereocenters. The zero-order valence-electron chi connectivity index (χ0n) is 9.23. The Morgan fingerprint density at radius 3 is 2.41 bits per heavy atom. The molecule has 2 aromatic rings. The first-order valence-corrected chi connectivity index (χ1v) is 5.11. The molecule has 17 heavy (non-hydrogen) atoms. The molecule has 0 radical (unpaired) electrons. The van der Waals surface area contributed by atoms with E-state index >= 15 is 0 Å². The number of anilines is 1. The first-order chi connectivity index (χ1) is 8.06. The molecule has 2 aromatic carbocycles. The molecule has 0 aliphatic rings. The fourth-order valence-electron chi connectivity index (χ4n) is 1.63. The Kier molecular flexibility index (Phi) is 2.78. The molecule has 86 valence electrons. The third-order valence-electron chi connectivity index (χ3n) is 2.45. The van der Waals surface area contributed by atoms with Crippen molar-refractivity contribution in [2.45, 2.75) is 6.92 Å². The highest BCUT2D eigenvalue weighted by molar-refractivity contribution is 6.36. The van der Waals surface area contributed by atoms with E-state index in [1.165, 1.54) is 0 Å². The van der Waals surface area contributed by atoms with Crippen LogP contribution >= 0.6 is 0 Å². The summed E-state index contributed by atoms with van der Waals surface area (Å²) in [5, 5.41) is 12.8. The number of benzene rings is 2. The van der Waals surface area contributed by atoms with Crippen LogP contribution in [0.15, 0.2) is 36.4 Å². The maximum absolute atomic E-state index is 11.0. The lowest BCUT2D eigenvalue weighted by Gasteiger charge is -2.04. The Hall–Kier alpha value is -2.36. The fraction of sp³-hybridized carbons (Fsp3) is 0.0769. The van der Waals surface area contributed by atoms with E-state index in [4.69, 9.17) is 5.11 Å². The van der Waals surface area contributed by atoms with Gasteiger partial charge in [-0.3, -0.25) is 4.79 Å². The highest BCUT2D eigenvalue weighted by Crippen LogP contribution is 2.20. The average molecular weight is 229 g/mol. The fourth-order valence-corrected chi connectivity index (χ4v) is 1.63. The number of aryl methyl sites for hydroxylation is 1. The van der Waals surface area contributed by atoms with Crippen LogP contribution in [0, 0.1) is 6.92 Å². The summed E-state index contributed by atoms with van der Waals surface area (Å²) in [6.07, 6.45) is 0. The molecule has 0 bridgehead atoms. The van der Waals surface area contributed by atoms with Crippen molar-refractivity contribution in [3.63, 3.8) is 0 Å². The summed E-state index contributed by atoms with van der Waals surface area (Å²) in [6, 6.07) is 11.2. The lowest BCUT2D eigenvalue weighted by atomic mass is 10.1. The van der Waals surface area contributed by atoms with Gasteiger partial charge in [0, 0.05) is 5.69 Å². The van der Waals surface area contributed by atoms with Crippen LogP contribution in [-0.2, 0) is 9.59 Å². The van der Waals surface area contributed by atoms with E-state index in [0.717, 1.165) is 16.3 Å². The molecule has 0 spiro atoms. The van der Waals surface area contributed by atoms with Crippen molar-refractivity contribution in [2.75, 3.05) is 5.32 Å². The van der Waals surface area contributed by atoms with Gasteiger partial charge in [0.15, 0.2) is 0 Å². The van der Waals surface area contributed by atoms with Crippen molar-refractivity contribution in [1.29, 1.82) is 0 Å². The standard InChI is InChI=1S/C13H11NO3/c1-8-2-3-10-7-11(5-4-9(10)6-8)14-12(15)13(16)17/h2-7H,1H3,(H,14,15)(H,16,17). The van der Waals surface area contributed by atoms with Crippen molar-refractivity contribution in [2.24, 2.45) is 0 Å². The molecule has 0 saturated carbocycles. The van der Waals surface area contributed by atoms with Gasteiger partial charge in [-0.2, -0.15) is 0 Å². The zero-order chi connectivity index (χ0) is 12.4. The van der Waals surface area contributed by atoms with E-state index in [2.05, 4.69) is 5.32 Å². The molecular weight excluding hydrogens is 218 g/mol. The van der Waals surface area contributed by atoms with Gasteiger partial charge in [-0.1, -0.05) is 29.8 Å². The quantitative estimate of drug-likeness (QED) is 0.736. The molecule has 0 aromatic heterocycles. The number of hydrogen-bond donors (Lipinski definition) is 2. The second-order valence-electron chi connectivity index (χ2n) is 3.82. The summed E-state index contributed by atoms with van der Waals surface area (Å²) >= 11 is 0. The molecule has 4 nitrogen and oxygen atoms in total. The van der Waals surface area contributed by atoms with E-state index in [1.54, 1.807) is 12.1 Å². The smallest absolute Gasteiger partial charge is 0.394 e. The van der Waals surface area contributed by atoms with Gasteiger partial charge < -0.3 is 10.4 Å². The predicted octanol–water partition coefficient (Wildman–Crippen LogP) is 2.17. The monoisotopic (exact) mass is 229 g/mol. The molecule has 0 heterocycles. The minimum Gasteiger partial charge on any atom is -0.474 e. The van der Waals surface area contributed by atoms with Gasteiger partial charge in [-0.05, 0) is 29.8 Å². The van der Waals surface area contributed by atoms with Gasteiger partial charge in [0.25, 0.3) is 0 Å². The molecule has 1 amide bonds. The lowest BCUT2D eigenvalue weighted by molar-refractivity contribution is -0.147. The number of rotatable bonds is 1. The van der Waals surface area contributed by atoms with E-state index in [0.29, 0.717) is 5.69 Å². The number of aliphatic carboxylic acids is 1. The summed E-state index contributed by atoms with van der Waals surface area (Å²) in [7, 11) is 0. The number of nitrogens with one attached hydrogen (secondary N) is 1. The summed E-state index contributed by atoms with van der Waals surface area (Å²) in [4.78, 5) is 21.4. The minimum atomic E-state index is -1.49. The highest BCUT2D eigenvalue weighted by Gasteiger charge is 2.10. The molecule has 0 aliphatic heterocycles. The lowest BCUT2D eigenvalue weighted by Crippen LogP contribution is -2.21. The maximum Gasteiger partial charge on any atom is 0.394 e. The van der Waals surface area contributed by atoms with Crippen molar-refractivity contribution < 1.29 is 14.7 Å². The van der Waals surface area contributed by atoms with Crippen molar-refractivity contribution in [3.8, 4) is 0 Å². The number of fused-ring (bicyclic) bond motifs is 1. The molecule has 0 fully saturated rings. The van der Waals surface area contributed by atoms with Crippen molar-refractivity contribution in [3.05, 3.63) is 42.0 Å². The number of carbonyl (C=O) groups is 2. The number of carboxylic acid groups (broad SMARTS) is 1. The number of amides is 1. The SMILES string of the molecule is Cc1ccc2cc(NC(=O)C(=O)O)ccc2c1. The topological polar surface area (TPSA) is 66.4 Å². The second kappa shape index (κ2) is 4.25. The van der Waals surface area contributed by atoms with E-state index in [1.807, 2.05) is 31.2 Å². The van der Waals surface area contributed by atoms with Gasteiger partial charge in [-0.25, -0.2) is 4.79 Å². The minimum absolute atomic E-state index is 0.480. The highest BCUT2D eigenvalue weighted by atomic mass is 16.4. The van der Waals surface area contributed by atoms with Crippen LogP contribution in [0.4, 0.5) is 5.69 Å². The van der Waals surface area contributed by atoms with Crippen LogP contribution < -0.4 is 5.32 Å². The molecule has 0 unspecified atom stereocenters. The van der Waals surface area contributed by atoms with Gasteiger partial charge in [0.05, 0.1) is 0 Å². The summed E-state index contributed by atoms with van der Waals surface area (Å²) in [5.41, 5.74) is 1.63. The van der Waals surface area contributed by atoms with Gasteiger partial charge in [0.1, 0.15) is 0 Å². The Bertz CT molecular complexity index is 605. The molecule has 0 aliphatic carbocycles. The first-order valence-electron chi connectivity index (χ1n) is 5.11. The number of carbonyl (C=O) groups excluding carboxylic acids is 1. The Morgan fingerprint density at radius 1 is 1.06 bits per heavy atom. The summed E-state index contributed by atoms with van der Waals surface area (Å²) in [6.45, 7) is 2.00. The molecule has 0 saturated heterocycles. The average Bonchev–Trinajstić information content (AvgIpc) is 2.29. The van der Waals surface area contributed by atoms with Crippen molar-refractivity contribution >= 4 is 28.3 Å². The number of hydrogen-bond acceptors (Lipinski definition) is 2. The summed E-state index contributed by atoms with van der Waals surface area (Å²) < 4.78 is 0. The molecule has 2 N–H and O–H groups in total. The van der Waals surface area contributed by atoms with Crippen LogP contribution in [0.2, 0.25) is 0 Å². The zero-order valence-corrected chi connectivity index (χ0v) is 9.23. The van der Waals surface area contributed by atoms with E-state index in [9.17, 15) is 9.59 Å². The van der Waals surface area contributed by atoms with E-state index in [-0.39, 0.29) is 0 Å².